The van der Waals surface area contributed by atoms with E-state index in [1.807, 2.05) is 11.8 Å². The van der Waals surface area contributed by atoms with Crippen molar-refractivity contribution in [2.24, 2.45) is 0 Å². The van der Waals surface area contributed by atoms with Crippen molar-refractivity contribution in [1.82, 2.24) is 4.90 Å². The fraction of sp³-hybridized carbons (Fsp3) is 0.900. The summed E-state index contributed by atoms with van der Waals surface area (Å²) in [5, 5.41) is 0. The molecule has 16 heavy (non-hydrogen) atoms. The Labute approximate surface area is 96.7 Å². The third kappa shape index (κ3) is 4.94. The minimum atomic E-state index is -2.83. The smallest absolute Gasteiger partial charge is 0.307 e. The van der Waals surface area contributed by atoms with Gasteiger partial charge in [0, 0.05) is 19.6 Å². The fourth-order valence-electron chi connectivity index (χ4n) is 1.51. The number of sulfone groups is 1. The topological polar surface area (TPSA) is 63.7 Å². The molecule has 5 nitrogen and oxygen atoms in total. The Morgan fingerprint density at radius 2 is 1.94 bits per heavy atom. The monoisotopic (exact) mass is 249 g/mol. The number of nitrogens with zero attached hydrogens (tertiary/aromatic N) is 1. The number of hydrogen-bond acceptors (Lipinski definition) is 5. The van der Waals surface area contributed by atoms with E-state index in [1.54, 1.807) is 0 Å². The van der Waals surface area contributed by atoms with Crippen LogP contribution in [0.2, 0.25) is 0 Å². The van der Waals surface area contributed by atoms with Crippen LogP contribution < -0.4 is 0 Å². The van der Waals surface area contributed by atoms with Gasteiger partial charge in [0.05, 0.1) is 24.5 Å². The van der Waals surface area contributed by atoms with E-state index >= 15 is 0 Å². The van der Waals surface area contributed by atoms with Gasteiger partial charge in [-0.15, -0.1) is 0 Å². The van der Waals surface area contributed by atoms with Crippen molar-refractivity contribution >= 4 is 15.8 Å². The zero-order valence-corrected chi connectivity index (χ0v) is 10.5. The SMILES string of the molecule is CCCOC(=O)CCN1CCS(=O)(=O)CC1. The molecular weight excluding hydrogens is 230 g/mol. The Balaban J connectivity index is 2.17. The van der Waals surface area contributed by atoms with E-state index in [9.17, 15) is 13.2 Å². The van der Waals surface area contributed by atoms with Gasteiger partial charge in [0.2, 0.25) is 0 Å². The molecule has 0 aromatic rings. The normalized spacial score (nSPS) is 20.6. The highest BCUT2D eigenvalue weighted by Gasteiger charge is 2.21. The van der Waals surface area contributed by atoms with E-state index in [4.69, 9.17) is 4.74 Å². The fourth-order valence-corrected chi connectivity index (χ4v) is 2.79. The molecule has 0 spiro atoms. The van der Waals surface area contributed by atoms with Crippen molar-refractivity contribution in [3.05, 3.63) is 0 Å². The number of hydrogen-bond donors (Lipinski definition) is 0. The van der Waals surface area contributed by atoms with E-state index < -0.39 is 9.84 Å². The average molecular weight is 249 g/mol. The van der Waals surface area contributed by atoms with Crippen molar-refractivity contribution in [2.75, 3.05) is 37.7 Å². The molecule has 0 saturated carbocycles. The van der Waals surface area contributed by atoms with Gasteiger partial charge in [0.1, 0.15) is 0 Å². The summed E-state index contributed by atoms with van der Waals surface area (Å²) in [5.74, 6) is 0.212. The van der Waals surface area contributed by atoms with Gasteiger partial charge in [0.15, 0.2) is 9.84 Å². The third-order valence-electron chi connectivity index (χ3n) is 2.54. The van der Waals surface area contributed by atoms with Crippen LogP contribution in [-0.2, 0) is 19.4 Å². The summed E-state index contributed by atoms with van der Waals surface area (Å²) in [6, 6.07) is 0. The van der Waals surface area contributed by atoms with Gasteiger partial charge in [0.25, 0.3) is 0 Å². The maximum absolute atomic E-state index is 11.2. The van der Waals surface area contributed by atoms with Crippen molar-refractivity contribution in [2.45, 2.75) is 19.8 Å². The van der Waals surface area contributed by atoms with Crippen molar-refractivity contribution in [1.29, 1.82) is 0 Å². The Morgan fingerprint density at radius 1 is 1.31 bits per heavy atom. The van der Waals surface area contributed by atoms with Crippen LogP contribution in [0.4, 0.5) is 0 Å². The van der Waals surface area contributed by atoms with Gasteiger partial charge >= 0.3 is 5.97 Å². The average Bonchev–Trinajstić information content (AvgIpc) is 2.25. The second-order valence-corrected chi connectivity index (χ2v) is 6.27. The predicted octanol–water partition coefficient (Wildman–Crippen LogP) is 0.0601. The molecular formula is C10H19NO4S. The minimum absolute atomic E-state index is 0.199. The molecule has 0 aromatic heterocycles. The molecule has 0 aromatic carbocycles. The standard InChI is InChI=1S/C10H19NO4S/c1-2-7-15-10(12)3-4-11-5-8-16(13,14)9-6-11/h2-9H2,1H3. The molecule has 0 radical (unpaired) electrons. The first-order valence-electron chi connectivity index (χ1n) is 5.62. The summed E-state index contributed by atoms with van der Waals surface area (Å²) in [6.45, 7) is 4.07. The van der Waals surface area contributed by atoms with E-state index in [0.29, 0.717) is 32.7 Å². The Kier molecular flexibility index (Phi) is 5.21. The molecule has 1 heterocycles. The molecule has 0 bridgehead atoms. The van der Waals surface area contributed by atoms with Gasteiger partial charge in [-0.05, 0) is 6.42 Å². The van der Waals surface area contributed by atoms with Crippen LogP contribution >= 0.6 is 0 Å². The summed E-state index contributed by atoms with van der Waals surface area (Å²) in [5.41, 5.74) is 0. The van der Waals surface area contributed by atoms with Gasteiger partial charge in [-0.2, -0.15) is 0 Å². The number of carbonyl (C=O) groups is 1. The summed E-state index contributed by atoms with van der Waals surface area (Å²) in [6.07, 6.45) is 1.17. The lowest BCUT2D eigenvalue weighted by molar-refractivity contribution is -0.144. The molecule has 1 rings (SSSR count). The molecule has 0 amide bonds. The molecule has 0 aliphatic carbocycles. The number of rotatable bonds is 5. The van der Waals surface area contributed by atoms with E-state index in [0.717, 1.165) is 6.42 Å². The van der Waals surface area contributed by atoms with Gasteiger partial charge < -0.3 is 9.64 Å². The first-order chi connectivity index (χ1) is 7.53. The van der Waals surface area contributed by atoms with Crippen molar-refractivity contribution < 1.29 is 17.9 Å². The molecule has 0 atom stereocenters. The Hall–Kier alpha value is -0.620. The highest BCUT2D eigenvalue weighted by atomic mass is 32.2. The summed E-state index contributed by atoms with van der Waals surface area (Å²) >= 11 is 0. The van der Waals surface area contributed by atoms with Gasteiger partial charge in [-0.1, -0.05) is 6.92 Å². The first kappa shape index (κ1) is 13.4. The van der Waals surface area contributed by atoms with Crippen LogP contribution in [-0.4, -0.2) is 57.0 Å². The number of carbonyl (C=O) groups excluding carboxylic acids is 1. The lowest BCUT2D eigenvalue weighted by atomic mass is 10.3. The largest absolute Gasteiger partial charge is 0.466 e. The molecule has 1 fully saturated rings. The van der Waals surface area contributed by atoms with Crippen LogP contribution in [0, 0.1) is 0 Å². The molecule has 6 heteroatoms. The van der Waals surface area contributed by atoms with Crippen LogP contribution in [0.3, 0.4) is 0 Å². The lowest BCUT2D eigenvalue weighted by Crippen LogP contribution is -2.41. The van der Waals surface area contributed by atoms with Gasteiger partial charge in [-0.3, -0.25) is 4.79 Å². The number of ether oxygens (including phenoxy) is 1. The molecule has 0 N–H and O–H groups in total. The van der Waals surface area contributed by atoms with E-state index in [1.165, 1.54) is 0 Å². The summed E-state index contributed by atoms with van der Waals surface area (Å²) in [7, 11) is -2.83. The second kappa shape index (κ2) is 6.20. The quantitative estimate of drug-likeness (QED) is 0.645. The van der Waals surface area contributed by atoms with Crippen LogP contribution in [0.15, 0.2) is 0 Å². The molecule has 0 unspecified atom stereocenters. The van der Waals surface area contributed by atoms with E-state index in [2.05, 4.69) is 0 Å². The molecule has 1 aliphatic rings. The van der Waals surface area contributed by atoms with Crippen LogP contribution in [0.25, 0.3) is 0 Å². The molecule has 1 aliphatic heterocycles. The summed E-state index contributed by atoms with van der Waals surface area (Å²) < 4.78 is 27.3. The molecule has 94 valence electrons. The zero-order chi connectivity index (χ0) is 12.0. The summed E-state index contributed by atoms with van der Waals surface area (Å²) in [4.78, 5) is 13.2. The van der Waals surface area contributed by atoms with Crippen molar-refractivity contribution in [3.63, 3.8) is 0 Å². The predicted molar refractivity (Wildman–Crippen MR) is 61.0 cm³/mol. The van der Waals surface area contributed by atoms with Crippen molar-refractivity contribution in [3.8, 4) is 0 Å². The maximum Gasteiger partial charge on any atom is 0.307 e. The Morgan fingerprint density at radius 3 is 2.50 bits per heavy atom. The number of esters is 1. The van der Waals surface area contributed by atoms with E-state index in [-0.39, 0.29) is 17.5 Å². The van der Waals surface area contributed by atoms with Crippen LogP contribution in [0.5, 0.6) is 0 Å². The lowest BCUT2D eigenvalue weighted by Gasteiger charge is -2.25. The highest BCUT2D eigenvalue weighted by molar-refractivity contribution is 7.91. The Bertz CT molecular complexity index is 312. The third-order valence-corrected chi connectivity index (χ3v) is 4.15. The van der Waals surface area contributed by atoms with Gasteiger partial charge in [-0.25, -0.2) is 8.42 Å². The second-order valence-electron chi connectivity index (χ2n) is 3.96. The molecule has 1 saturated heterocycles. The first-order valence-corrected chi connectivity index (χ1v) is 7.44. The highest BCUT2D eigenvalue weighted by Crippen LogP contribution is 2.04. The maximum atomic E-state index is 11.2. The minimum Gasteiger partial charge on any atom is -0.466 e. The zero-order valence-electron chi connectivity index (χ0n) is 9.65. The van der Waals surface area contributed by atoms with Crippen LogP contribution in [0.1, 0.15) is 19.8 Å².